The molecule has 45 heavy (non-hydrogen) atoms. The number of nitrogens with zero attached hydrogens (tertiary/aromatic N) is 1. The van der Waals surface area contributed by atoms with E-state index < -0.39 is 11.8 Å². The Balaban J connectivity index is 1.20. The first-order valence-corrected chi connectivity index (χ1v) is 15.3. The molecule has 6 aromatic rings. The SMILES string of the molecule is COc1cccc(/C=C(/NC(=O)c2ccccc2)C(=O)Nc2cccc(SCC(=O)n3c4ccccc4c4ccccc43)c2)c1. The van der Waals surface area contributed by atoms with Gasteiger partial charge in [-0.3, -0.25) is 19.0 Å². The molecule has 222 valence electrons. The van der Waals surface area contributed by atoms with Crippen LogP contribution in [-0.2, 0) is 4.79 Å². The average molecular weight is 612 g/mol. The molecule has 2 N–H and O–H groups in total. The number of aromatic nitrogens is 1. The number of carbonyl (C=O) groups excluding carboxylic acids is 3. The third-order valence-corrected chi connectivity index (χ3v) is 8.20. The molecular weight excluding hydrogens is 582 g/mol. The molecular formula is C37H29N3O4S. The summed E-state index contributed by atoms with van der Waals surface area (Å²) in [5.41, 5.74) is 3.45. The number of para-hydroxylation sites is 2. The number of carbonyl (C=O) groups is 3. The lowest BCUT2D eigenvalue weighted by molar-refractivity contribution is -0.113. The van der Waals surface area contributed by atoms with Gasteiger partial charge in [-0.25, -0.2) is 0 Å². The maximum Gasteiger partial charge on any atom is 0.272 e. The molecule has 1 heterocycles. The predicted octanol–water partition coefficient (Wildman–Crippen LogP) is 7.65. The minimum atomic E-state index is -0.495. The number of nitrogens with one attached hydrogen (secondary N) is 2. The van der Waals surface area contributed by atoms with E-state index in [1.165, 1.54) is 11.8 Å². The fraction of sp³-hybridized carbons (Fsp3) is 0.0541. The number of hydrogen-bond acceptors (Lipinski definition) is 5. The van der Waals surface area contributed by atoms with E-state index in [0.29, 0.717) is 22.6 Å². The Labute approximate surface area is 264 Å². The van der Waals surface area contributed by atoms with E-state index in [1.807, 2.05) is 78.9 Å². The number of fused-ring (bicyclic) bond motifs is 3. The molecule has 2 amide bonds. The summed E-state index contributed by atoms with van der Waals surface area (Å²) in [6.07, 6.45) is 1.60. The van der Waals surface area contributed by atoms with Crippen LogP contribution < -0.4 is 15.4 Å². The van der Waals surface area contributed by atoms with Gasteiger partial charge in [0, 0.05) is 26.9 Å². The molecule has 0 spiro atoms. The van der Waals surface area contributed by atoms with E-state index in [2.05, 4.69) is 10.6 Å². The molecule has 0 radical (unpaired) electrons. The van der Waals surface area contributed by atoms with Crippen molar-refractivity contribution in [2.45, 2.75) is 4.90 Å². The van der Waals surface area contributed by atoms with E-state index in [9.17, 15) is 14.4 Å². The molecule has 8 heteroatoms. The van der Waals surface area contributed by atoms with Crippen molar-refractivity contribution >= 4 is 63.1 Å². The van der Waals surface area contributed by atoms with Gasteiger partial charge in [-0.2, -0.15) is 0 Å². The van der Waals surface area contributed by atoms with Crippen molar-refractivity contribution in [2.75, 3.05) is 18.2 Å². The highest BCUT2D eigenvalue weighted by Crippen LogP contribution is 2.30. The van der Waals surface area contributed by atoms with Gasteiger partial charge in [0.15, 0.2) is 0 Å². The second-order valence-electron chi connectivity index (χ2n) is 10.2. The summed E-state index contributed by atoms with van der Waals surface area (Å²) in [5.74, 6) is -0.121. The maximum absolute atomic E-state index is 13.5. The van der Waals surface area contributed by atoms with Gasteiger partial charge in [-0.05, 0) is 66.2 Å². The molecule has 7 nitrogen and oxygen atoms in total. The first kappa shape index (κ1) is 29.5. The Hall–Kier alpha value is -5.60. The Kier molecular flexibility index (Phi) is 8.75. The highest BCUT2D eigenvalue weighted by molar-refractivity contribution is 8.00. The molecule has 0 aliphatic heterocycles. The van der Waals surface area contributed by atoms with Crippen molar-refractivity contribution in [3.63, 3.8) is 0 Å². The lowest BCUT2D eigenvalue weighted by atomic mass is 10.1. The highest BCUT2D eigenvalue weighted by Gasteiger charge is 2.17. The zero-order valence-electron chi connectivity index (χ0n) is 24.4. The second-order valence-corrected chi connectivity index (χ2v) is 11.2. The van der Waals surface area contributed by atoms with Gasteiger partial charge in [-0.15, -0.1) is 11.8 Å². The summed E-state index contributed by atoms with van der Waals surface area (Å²) in [5, 5.41) is 7.72. The molecule has 6 rings (SSSR count). The zero-order valence-corrected chi connectivity index (χ0v) is 25.2. The number of anilines is 1. The van der Waals surface area contributed by atoms with Crippen LogP contribution in [0.15, 0.2) is 138 Å². The molecule has 0 fully saturated rings. The van der Waals surface area contributed by atoms with Crippen LogP contribution in [-0.4, -0.2) is 35.2 Å². The van der Waals surface area contributed by atoms with E-state index in [4.69, 9.17) is 4.74 Å². The third-order valence-electron chi connectivity index (χ3n) is 7.22. The molecule has 0 aliphatic rings. The lowest BCUT2D eigenvalue weighted by Crippen LogP contribution is -2.30. The fourth-order valence-corrected chi connectivity index (χ4v) is 5.91. The van der Waals surface area contributed by atoms with Gasteiger partial charge in [0.05, 0.1) is 23.9 Å². The molecule has 5 aromatic carbocycles. The minimum Gasteiger partial charge on any atom is -0.497 e. The summed E-state index contributed by atoms with van der Waals surface area (Å²) >= 11 is 1.39. The molecule has 1 aromatic heterocycles. The highest BCUT2D eigenvalue weighted by atomic mass is 32.2. The Bertz CT molecular complexity index is 2010. The van der Waals surface area contributed by atoms with Gasteiger partial charge < -0.3 is 15.4 Å². The average Bonchev–Trinajstić information content (AvgIpc) is 3.42. The van der Waals surface area contributed by atoms with Gasteiger partial charge >= 0.3 is 0 Å². The van der Waals surface area contributed by atoms with Gasteiger partial charge in [0.1, 0.15) is 11.4 Å². The first-order chi connectivity index (χ1) is 22.0. The number of benzene rings is 5. The number of hydrogen-bond donors (Lipinski definition) is 2. The van der Waals surface area contributed by atoms with E-state index >= 15 is 0 Å². The number of rotatable bonds is 9. The first-order valence-electron chi connectivity index (χ1n) is 14.3. The summed E-state index contributed by atoms with van der Waals surface area (Å²) in [6.45, 7) is 0. The number of ether oxygens (including phenoxy) is 1. The number of amides is 2. The van der Waals surface area contributed by atoms with Crippen LogP contribution in [0.25, 0.3) is 27.9 Å². The van der Waals surface area contributed by atoms with Gasteiger partial charge in [0.2, 0.25) is 5.91 Å². The largest absolute Gasteiger partial charge is 0.497 e. The quantitative estimate of drug-likeness (QED) is 0.130. The lowest BCUT2D eigenvalue weighted by Gasteiger charge is -2.12. The standard InChI is InChI=1S/C37H29N3O4S/c1-44-28-15-9-11-25(21-28)22-32(39-36(42)26-12-3-2-4-13-26)37(43)38-27-14-10-16-29(23-27)45-24-35(41)40-33-19-7-5-17-30(33)31-18-6-8-20-34(31)40/h2-23H,24H2,1H3,(H,38,43)(H,39,42)/b32-22+. The van der Waals surface area contributed by atoms with E-state index in [-0.39, 0.29) is 17.4 Å². The molecule has 0 saturated heterocycles. The van der Waals surface area contributed by atoms with Crippen LogP contribution >= 0.6 is 11.8 Å². The number of methoxy groups -OCH3 is 1. The Morgan fingerprint density at radius 3 is 2.13 bits per heavy atom. The summed E-state index contributed by atoms with van der Waals surface area (Å²) < 4.78 is 7.09. The van der Waals surface area contributed by atoms with Crippen LogP contribution in [0.4, 0.5) is 5.69 Å². The van der Waals surface area contributed by atoms with Crippen molar-refractivity contribution < 1.29 is 19.1 Å². The van der Waals surface area contributed by atoms with Crippen molar-refractivity contribution in [1.82, 2.24) is 9.88 Å². The van der Waals surface area contributed by atoms with Crippen molar-refractivity contribution in [2.24, 2.45) is 0 Å². The number of thioether (sulfide) groups is 1. The predicted molar refractivity (Wildman–Crippen MR) is 181 cm³/mol. The van der Waals surface area contributed by atoms with Crippen molar-refractivity contribution in [3.05, 3.63) is 144 Å². The Morgan fingerprint density at radius 2 is 1.42 bits per heavy atom. The van der Waals surface area contributed by atoms with Crippen LogP contribution in [0, 0.1) is 0 Å². The van der Waals surface area contributed by atoms with Crippen molar-refractivity contribution in [3.8, 4) is 5.75 Å². The smallest absolute Gasteiger partial charge is 0.272 e. The summed E-state index contributed by atoms with van der Waals surface area (Å²) in [7, 11) is 1.56. The van der Waals surface area contributed by atoms with Crippen LogP contribution in [0.3, 0.4) is 0 Å². The fourth-order valence-electron chi connectivity index (χ4n) is 5.10. The zero-order chi connectivity index (χ0) is 31.2. The summed E-state index contributed by atoms with van der Waals surface area (Å²) in [4.78, 5) is 40.9. The van der Waals surface area contributed by atoms with Crippen LogP contribution in [0.2, 0.25) is 0 Å². The molecule has 0 unspecified atom stereocenters. The van der Waals surface area contributed by atoms with Crippen molar-refractivity contribution in [1.29, 1.82) is 0 Å². The minimum absolute atomic E-state index is 0.0426. The van der Waals surface area contributed by atoms with Crippen LogP contribution in [0.1, 0.15) is 20.7 Å². The molecule has 0 aliphatic carbocycles. The van der Waals surface area contributed by atoms with Crippen LogP contribution in [0.5, 0.6) is 5.75 Å². The van der Waals surface area contributed by atoms with E-state index in [1.54, 1.807) is 66.3 Å². The Morgan fingerprint density at radius 1 is 0.756 bits per heavy atom. The van der Waals surface area contributed by atoms with Gasteiger partial charge in [-0.1, -0.05) is 72.8 Å². The third kappa shape index (κ3) is 6.66. The molecule has 0 saturated carbocycles. The maximum atomic E-state index is 13.5. The molecule has 0 atom stereocenters. The normalized spacial score (nSPS) is 11.4. The topological polar surface area (TPSA) is 89.4 Å². The monoisotopic (exact) mass is 611 g/mol. The van der Waals surface area contributed by atoms with Gasteiger partial charge in [0.25, 0.3) is 11.8 Å². The summed E-state index contributed by atoms with van der Waals surface area (Å²) in [6, 6.07) is 39.0. The second kappa shape index (κ2) is 13.4. The molecule has 0 bridgehead atoms. The van der Waals surface area contributed by atoms with E-state index in [0.717, 1.165) is 26.7 Å².